The van der Waals surface area contributed by atoms with E-state index in [0.717, 1.165) is 21.3 Å². The minimum atomic E-state index is -0.484. The highest BCUT2D eigenvalue weighted by Gasteiger charge is 2.24. The van der Waals surface area contributed by atoms with Crippen molar-refractivity contribution in [2.24, 2.45) is 0 Å². The summed E-state index contributed by atoms with van der Waals surface area (Å²) in [4.78, 5) is 11.2. The quantitative estimate of drug-likeness (QED) is 0.122. The molecule has 0 bridgehead atoms. The molecule has 0 saturated heterocycles. The molecule has 1 heterocycles. The molecule has 0 unspecified atom stereocenters. The van der Waals surface area contributed by atoms with E-state index in [1.165, 1.54) is 17.3 Å². The van der Waals surface area contributed by atoms with Gasteiger partial charge in [-0.15, -0.1) is 10.2 Å². The topological polar surface area (TPSA) is 83.1 Å². The maximum atomic E-state index is 11.5. The number of hydrogen-bond acceptors (Lipinski definition) is 6. The second-order valence-corrected chi connectivity index (χ2v) is 10.4. The van der Waals surface area contributed by atoms with Gasteiger partial charge in [0, 0.05) is 15.6 Å². The van der Waals surface area contributed by atoms with Crippen LogP contribution in [-0.2, 0) is 6.61 Å². The number of aryl methyl sites for hydroxylation is 2. The van der Waals surface area contributed by atoms with Crippen LogP contribution in [0, 0.1) is 24.0 Å². The molecular formula is C25H22BrClN4O3S. The number of rotatable bonds is 9. The van der Waals surface area contributed by atoms with E-state index in [0.29, 0.717) is 28.4 Å². The fourth-order valence-corrected chi connectivity index (χ4v) is 5.26. The van der Waals surface area contributed by atoms with Gasteiger partial charge in [0.15, 0.2) is 5.16 Å². The standard InChI is InChI=1S/C25H22BrClN4O3S/c1-16-3-5-18(6-4-16)15-34-23-12-7-19(13-22(23)26)24(14-30(32)33)35-25-29-28-17(2)31(25)21-10-8-20(27)9-11-21/h3-13,24H,14-15H2,1-2H3/t24-/m0/s1. The average molecular weight is 574 g/mol. The Kier molecular flexibility index (Phi) is 8.10. The van der Waals surface area contributed by atoms with Crippen molar-refractivity contribution in [2.45, 2.75) is 30.9 Å². The van der Waals surface area contributed by atoms with Gasteiger partial charge in [-0.3, -0.25) is 14.7 Å². The first-order valence-corrected chi connectivity index (χ1v) is 12.8. The zero-order valence-corrected chi connectivity index (χ0v) is 22.2. The number of ether oxygens (including phenoxy) is 1. The summed E-state index contributed by atoms with van der Waals surface area (Å²) in [6.07, 6.45) is 0. The second kappa shape index (κ2) is 11.2. The monoisotopic (exact) mass is 572 g/mol. The molecule has 0 saturated carbocycles. The van der Waals surface area contributed by atoms with Crippen molar-refractivity contribution in [3.05, 3.63) is 109 Å². The molecule has 4 rings (SSSR count). The molecule has 7 nitrogen and oxygen atoms in total. The summed E-state index contributed by atoms with van der Waals surface area (Å²) in [5.74, 6) is 1.34. The molecule has 180 valence electrons. The maximum absolute atomic E-state index is 11.5. The van der Waals surface area contributed by atoms with Crippen molar-refractivity contribution >= 4 is 39.3 Å². The third-order valence-corrected chi connectivity index (χ3v) is 7.34. The van der Waals surface area contributed by atoms with Crippen LogP contribution in [-0.4, -0.2) is 26.2 Å². The molecule has 10 heteroatoms. The van der Waals surface area contributed by atoms with Gasteiger partial charge in [-0.25, -0.2) is 0 Å². The Balaban J connectivity index is 1.56. The first-order valence-electron chi connectivity index (χ1n) is 10.7. The van der Waals surface area contributed by atoms with E-state index in [2.05, 4.69) is 26.1 Å². The Morgan fingerprint density at radius 1 is 1.09 bits per heavy atom. The lowest BCUT2D eigenvalue weighted by atomic mass is 10.1. The molecule has 1 aromatic heterocycles. The van der Waals surface area contributed by atoms with Crippen molar-refractivity contribution in [1.82, 2.24) is 14.8 Å². The molecular weight excluding hydrogens is 552 g/mol. The van der Waals surface area contributed by atoms with Crippen LogP contribution >= 0.6 is 39.3 Å². The Morgan fingerprint density at radius 3 is 2.46 bits per heavy atom. The fourth-order valence-electron chi connectivity index (χ4n) is 3.46. The second-order valence-electron chi connectivity index (χ2n) is 7.93. The number of thioether (sulfide) groups is 1. The highest BCUT2D eigenvalue weighted by atomic mass is 79.9. The minimum absolute atomic E-state index is 0.271. The zero-order chi connectivity index (χ0) is 24.9. The summed E-state index contributed by atoms with van der Waals surface area (Å²) >= 11 is 10.9. The molecule has 0 aliphatic rings. The molecule has 0 aliphatic carbocycles. The van der Waals surface area contributed by atoms with Gasteiger partial charge in [-0.2, -0.15) is 0 Å². The molecule has 4 aromatic rings. The average Bonchev–Trinajstić information content (AvgIpc) is 3.19. The minimum Gasteiger partial charge on any atom is -0.488 e. The van der Waals surface area contributed by atoms with Gasteiger partial charge >= 0.3 is 0 Å². The fraction of sp³-hybridized carbons (Fsp3) is 0.200. The summed E-state index contributed by atoms with van der Waals surface area (Å²) < 4.78 is 8.55. The van der Waals surface area contributed by atoms with Crippen molar-refractivity contribution in [3.63, 3.8) is 0 Å². The van der Waals surface area contributed by atoms with Crippen LogP contribution < -0.4 is 4.74 Å². The number of nitro groups is 1. The molecule has 0 fully saturated rings. The van der Waals surface area contributed by atoms with E-state index in [4.69, 9.17) is 16.3 Å². The van der Waals surface area contributed by atoms with E-state index >= 15 is 0 Å². The highest BCUT2D eigenvalue weighted by molar-refractivity contribution is 9.10. The lowest BCUT2D eigenvalue weighted by Gasteiger charge is -2.16. The van der Waals surface area contributed by atoms with E-state index in [1.54, 1.807) is 12.1 Å². The number of aromatic nitrogens is 3. The predicted molar refractivity (Wildman–Crippen MR) is 141 cm³/mol. The molecule has 0 amide bonds. The van der Waals surface area contributed by atoms with Gasteiger partial charge in [0.1, 0.15) is 23.4 Å². The van der Waals surface area contributed by atoms with Crippen molar-refractivity contribution in [3.8, 4) is 11.4 Å². The van der Waals surface area contributed by atoms with Crippen LogP contribution in [0.5, 0.6) is 5.75 Å². The third kappa shape index (κ3) is 6.42. The normalized spacial score (nSPS) is 11.9. The Morgan fingerprint density at radius 2 is 1.80 bits per heavy atom. The van der Waals surface area contributed by atoms with Gasteiger partial charge in [-0.1, -0.05) is 59.3 Å². The molecule has 0 N–H and O–H groups in total. The summed E-state index contributed by atoms with van der Waals surface area (Å²) in [6, 6.07) is 21.0. The largest absolute Gasteiger partial charge is 0.488 e. The van der Waals surface area contributed by atoms with Crippen LogP contribution in [0.2, 0.25) is 5.02 Å². The van der Waals surface area contributed by atoms with Crippen LogP contribution in [0.3, 0.4) is 0 Å². The smallest absolute Gasteiger partial charge is 0.220 e. The number of benzene rings is 3. The lowest BCUT2D eigenvalue weighted by molar-refractivity contribution is -0.479. The highest BCUT2D eigenvalue weighted by Crippen LogP contribution is 2.39. The summed E-state index contributed by atoms with van der Waals surface area (Å²) in [5.41, 5.74) is 3.87. The number of hydrogen-bond donors (Lipinski definition) is 0. The first-order chi connectivity index (χ1) is 16.8. The van der Waals surface area contributed by atoms with Crippen LogP contribution in [0.15, 0.2) is 76.4 Å². The summed E-state index contributed by atoms with van der Waals surface area (Å²) in [6.45, 7) is 4.03. The van der Waals surface area contributed by atoms with E-state index in [9.17, 15) is 10.1 Å². The molecule has 0 aliphatic heterocycles. The molecule has 0 radical (unpaired) electrons. The Labute approximate surface area is 220 Å². The Hall–Kier alpha value is -2.88. The predicted octanol–water partition coefficient (Wildman–Crippen LogP) is 6.99. The number of halogens is 2. The SMILES string of the molecule is Cc1ccc(COc2ccc([C@H](C[N+](=O)[O-])Sc3nnc(C)n3-c3ccc(Cl)cc3)cc2Br)cc1. The molecule has 35 heavy (non-hydrogen) atoms. The first kappa shape index (κ1) is 25.2. The molecule has 3 aromatic carbocycles. The van der Waals surface area contributed by atoms with E-state index < -0.39 is 5.25 Å². The van der Waals surface area contributed by atoms with E-state index in [-0.39, 0.29) is 11.5 Å². The van der Waals surface area contributed by atoms with Crippen molar-refractivity contribution in [2.75, 3.05) is 6.54 Å². The van der Waals surface area contributed by atoms with Gasteiger partial charge in [0.2, 0.25) is 6.54 Å². The van der Waals surface area contributed by atoms with Crippen LogP contribution in [0.4, 0.5) is 0 Å². The van der Waals surface area contributed by atoms with Gasteiger partial charge < -0.3 is 4.74 Å². The van der Waals surface area contributed by atoms with Crippen LogP contribution in [0.1, 0.15) is 27.8 Å². The number of nitrogens with zero attached hydrogens (tertiary/aromatic N) is 4. The van der Waals surface area contributed by atoms with Crippen molar-refractivity contribution in [1.29, 1.82) is 0 Å². The molecule has 0 spiro atoms. The summed E-state index contributed by atoms with van der Waals surface area (Å²) in [7, 11) is 0. The molecule has 1 atom stereocenters. The Bertz CT molecular complexity index is 1330. The van der Waals surface area contributed by atoms with Gasteiger partial charge in [0.25, 0.3) is 0 Å². The summed E-state index contributed by atoms with van der Waals surface area (Å²) in [5, 5.41) is 20.7. The maximum Gasteiger partial charge on any atom is 0.220 e. The lowest BCUT2D eigenvalue weighted by Crippen LogP contribution is -2.11. The van der Waals surface area contributed by atoms with E-state index in [1.807, 2.05) is 73.0 Å². The van der Waals surface area contributed by atoms with Crippen LogP contribution in [0.25, 0.3) is 5.69 Å². The third-order valence-electron chi connectivity index (χ3n) is 5.29. The van der Waals surface area contributed by atoms with Crippen molar-refractivity contribution < 1.29 is 9.66 Å². The van der Waals surface area contributed by atoms with Gasteiger partial charge in [-0.05, 0) is 77.3 Å². The van der Waals surface area contributed by atoms with Gasteiger partial charge in [0.05, 0.1) is 4.47 Å². The zero-order valence-electron chi connectivity index (χ0n) is 19.0.